The molecule has 3 aromatic carbocycles. The van der Waals surface area contributed by atoms with Gasteiger partial charge in [0.1, 0.15) is 18.1 Å². The van der Waals surface area contributed by atoms with Gasteiger partial charge in [-0.1, -0.05) is 25.1 Å². The van der Waals surface area contributed by atoms with E-state index < -0.39 is 21.6 Å². The lowest BCUT2D eigenvalue weighted by molar-refractivity contribution is -0.134. The molecule has 3 aromatic rings. The molecule has 0 saturated heterocycles. The van der Waals surface area contributed by atoms with Crippen LogP contribution < -0.4 is 9.47 Å². The van der Waals surface area contributed by atoms with Crippen molar-refractivity contribution in [3.63, 3.8) is 0 Å². The topological polar surface area (TPSA) is 89.9 Å². The maximum Gasteiger partial charge on any atom is 0.319 e. The van der Waals surface area contributed by atoms with Crippen LogP contribution in [0.15, 0.2) is 65.6 Å². The van der Waals surface area contributed by atoms with Crippen LogP contribution in [0.1, 0.15) is 30.0 Å². The molecular formula is C26H28O6S. The molecule has 6 nitrogen and oxygen atoms in total. The normalized spacial score (nSPS) is 11.2. The van der Waals surface area contributed by atoms with Crippen LogP contribution in [0, 0.1) is 13.8 Å². The molecule has 33 heavy (non-hydrogen) atoms. The van der Waals surface area contributed by atoms with Gasteiger partial charge in [-0.05, 0) is 90.6 Å². The van der Waals surface area contributed by atoms with E-state index in [1.807, 2.05) is 12.1 Å². The van der Waals surface area contributed by atoms with Gasteiger partial charge in [0.25, 0.3) is 0 Å². The zero-order valence-electron chi connectivity index (χ0n) is 19.0. The van der Waals surface area contributed by atoms with Gasteiger partial charge < -0.3 is 14.6 Å². The number of aryl methyl sites for hydroxylation is 2. The number of carbonyl (C=O) groups is 1. The monoisotopic (exact) mass is 468 g/mol. The molecule has 0 aliphatic rings. The summed E-state index contributed by atoms with van der Waals surface area (Å²) in [5.74, 6) is -0.947. The Morgan fingerprint density at radius 1 is 0.909 bits per heavy atom. The van der Waals surface area contributed by atoms with E-state index in [4.69, 9.17) is 14.6 Å². The molecule has 0 unspecified atom stereocenters. The highest BCUT2D eigenvalue weighted by Gasteiger charge is 2.18. The van der Waals surface area contributed by atoms with E-state index in [0.717, 1.165) is 40.0 Å². The molecule has 0 fully saturated rings. The molecule has 0 atom stereocenters. The molecular weight excluding hydrogens is 440 g/mol. The van der Waals surface area contributed by atoms with Gasteiger partial charge in [0, 0.05) is 0 Å². The number of hydrogen-bond acceptors (Lipinski definition) is 5. The van der Waals surface area contributed by atoms with Crippen molar-refractivity contribution in [3.05, 3.63) is 77.4 Å². The van der Waals surface area contributed by atoms with Gasteiger partial charge in [0.15, 0.2) is 15.6 Å². The van der Waals surface area contributed by atoms with Gasteiger partial charge >= 0.3 is 5.97 Å². The predicted octanol–water partition coefficient (Wildman–Crippen LogP) is 5.20. The Morgan fingerprint density at radius 2 is 1.58 bits per heavy atom. The summed E-state index contributed by atoms with van der Waals surface area (Å²) in [6.07, 6.45) is 0.961. The van der Waals surface area contributed by atoms with Crippen molar-refractivity contribution in [2.75, 3.05) is 12.4 Å². The SMILES string of the molecule is CCCOc1cc(C)c(-c2cccc(COc3ccc(S(=O)(=O)CC(=O)O)cc3)c2)c(C)c1. The van der Waals surface area contributed by atoms with Gasteiger partial charge in [0.2, 0.25) is 0 Å². The molecule has 0 amide bonds. The van der Waals surface area contributed by atoms with Crippen molar-refractivity contribution in [2.45, 2.75) is 38.7 Å². The van der Waals surface area contributed by atoms with E-state index >= 15 is 0 Å². The van der Waals surface area contributed by atoms with Crippen LogP contribution in [0.3, 0.4) is 0 Å². The second-order valence-electron chi connectivity index (χ2n) is 7.89. The highest BCUT2D eigenvalue weighted by molar-refractivity contribution is 7.92. The number of ether oxygens (including phenoxy) is 2. The quantitative estimate of drug-likeness (QED) is 0.440. The maximum atomic E-state index is 12.0. The third-order valence-electron chi connectivity index (χ3n) is 5.10. The summed E-state index contributed by atoms with van der Waals surface area (Å²) in [6.45, 7) is 7.23. The Balaban J connectivity index is 1.73. The summed E-state index contributed by atoms with van der Waals surface area (Å²) in [6, 6.07) is 18.0. The van der Waals surface area contributed by atoms with Crippen molar-refractivity contribution < 1.29 is 27.8 Å². The molecule has 0 radical (unpaired) electrons. The minimum absolute atomic E-state index is 0.0449. The molecule has 0 aromatic heterocycles. The van der Waals surface area contributed by atoms with Crippen LogP contribution >= 0.6 is 0 Å². The van der Waals surface area contributed by atoms with E-state index in [0.29, 0.717) is 19.0 Å². The zero-order chi connectivity index (χ0) is 24.0. The number of sulfone groups is 1. The molecule has 0 heterocycles. The minimum Gasteiger partial charge on any atom is -0.494 e. The number of benzene rings is 3. The third-order valence-corrected chi connectivity index (χ3v) is 6.71. The van der Waals surface area contributed by atoms with Crippen molar-refractivity contribution in [1.29, 1.82) is 0 Å². The summed E-state index contributed by atoms with van der Waals surface area (Å²) in [5.41, 5.74) is 5.49. The van der Waals surface area contributed by atoms with Crippen molar-refractivity contribution in [1.82, 2.24) is 0 Å². The van der Waals surface area contributed by atoms with Gasteiger partial charge in [-0.2, -0.15) is 0 Å². The van der Waals surface area contributed by atoms with Crippen LogP contribution in [0.4, 0.5) is 0 Å². The molecule has 0 aliphatic heterocycles. The van der Waals surface area contributed by atoms with E-state index in [1.165, 1.54) is 24.3 Å². The second-order valence-corrected chi connectivity index (χ2v) is 9.88. The fourth-order valence-corrected chi connectivity index (χ4v) is 4.70. The lowest BCUT2D eigenvalue weighted by atomic mass is 9.94. The van der Waals surface area contributed by atoms with Gasteiger partial charge in [-0.3, -0.25) is 4.79 Å². The smallest absolute Gasteiger partial charge is 0.319 e. The summed E-state index contributed by atoms with van der Waals surface area (Å²) < 4.78 is 35.6. The molecule has 7 heteroatoms. The lowest BCUT2D eigenvalue weighted by Gasteiger charge is -2.15. The summed E-state index contributed by atoms with van der Waals surface area (Å²) in [7, 11) is -3.86. The molecule has 0 spiro atoms. The highest BCUT2D eigenvalue weighted by Crippen LogP contribution is 2.32. The van der Waals surface area contributed by atoms with Crippen molar-refractivity contribution in [2.24, 2.45) is 0 Å². The maximum absolute atomic E-state index is 12.0. The third kappa shape index (κ3) is 6.35. The largest absolute Gasteiger partial charge is 0.494 e. The molecule has 3 rings (SSSR count). The Morgan fingerprint density at radius 3 is 2.18 bits per heavy atom. The highest BCUT2D eigenvalue weighted by atomic mass is 32.2. The van der Waals surface area contributed by atoms with Crippen LogP contribution in [0.5, 0.6) is 11.5 Å². The van der Waals surface area contributed by atoms with E-state index in [-0.39, 0.29) is 4.90 Å². The zero-order valence-corrected chi connectivity index (χ0v) is 19.8. The summed E-state index contributed by atoms with van der Waals surface area (Å²) in [5, 5.41) is 8.75. The Labute approximate surface area is 194 Å². The molecule has 0 aliphatic carbocycles. The van der Waals surface area contributed by atoms with Gasteiger partial charge in [-0.15, -0.1) is 0 Å². The standard InChI is InChI=1S/C26H28O6S/c1-4-12-31-23-13-18(2)26(19(3)14-23)21-7-5-6-20(15-21)16-32-22-8-10-24(11-9-22)33(29,30)17-25(27)28/h5-11,13-15H,4,12,16-17H2,1-3H3,(H,27,28). The van der Waals surface area contributed by atoms with Crippen LogP contribution in [-0.4, -0.2) is 31.9 Å². The lowest BCUT2D eigenvalue weighted by Crippen LogP contribution is -2.15. The second kappa shape index (κ2) is 10.5. The number of carboxylic acids is 1. The molecule has 0 bridgehead atoms. The average Bonchev–Trinajstić information content (AvgIpc) is 2.75. The minimum atomic E-state index is -3.86. The fraction of sp³-hybridized carbons (Fsp3) is 0.269. The number of aliphatic carboxylic acids is 1. The van der Waals surface area contributed by atoms with Crippen molar-refractivity contribution in [3.8, 4) is 22.6 Å². The number of hydrogen-bond donors (Lipinski definition) is 1. The first-order chi connectivity index (χ1) is 15.7. The summed E-state index contributed by atoms with van der Waals surface area (Å²) in [4.78, 5) is 10.7. The van der Waals surface area contributed by atoms with Gasteiger partial charge in [0.05, 0.1) is 11.5 Å². The molecule has 174 valence electrons. The average molecular weight is 469 g/mol. The molecule has 1 N–H and O–H groups in total. The summed E-state index contributed by atoms with van der Waals surface area (Å²) >= 11 is 0. The predicted molar refractivity (Wildman–Crippen MR) is 128 cm³/mol. The van der Waals surface area contributed by atoms with Crippen LogP contribution in [-0.2, 0) is 21.2 Å². The first-order valence-corrected chi connectivity index (χ1v) is 12.4. The molecule has 0 saturated carbocycles. The number of carboxylic acid groups (broad SMARTS) is 1. The van der Waals surface area contributed by atoms with Crippen molar-refractivity contribution >= 4 is 15.8 Å². The Bertz CT molecular complexity index is 1210. The van der Waals surface area contributed by atoms with Gasteiger partial charge in [-0.25, -0.2) is 8.42 Å². The van der Waals surface area contributed by atoms with E-state index in [1.54, 1.807) is 0 Å². The van der Waals surface area contributed by atoms with E-state index in [2.05, 4.69) is 45.0 Å². The Hall–Kier alpha value is -3.32. The Kier molecular flexibility index (Phi) is 7.76. The van der Waals surface area contributed by atoms with E-state index in [9.17, 15) is 13.2 Å². The fourth-order valence-electron chi connectivity index (χ4n) is 3.65. The first kappa shape index (κ1) is 24.3. The van der Waals surface area contributed by atoms with Crippen LogP contribution in [0.25, 0.3) is 11.1 Å². The van der Waals surface area contributed by atoms with Crippen LogP contribution in [0.2, 0.25) is 0 Å². The first-order valence-electron chi connectivity index (χ1n) is 10.7. The number of rotatable bonds is 10.